The molecule has 0 bridgehead atoms. The first-order valence-corrected chi connectivity index (χ1v) is 7.27. The lowest BCUT2D eigenvalue weighted by Gasteiger charge is -2.14. The van der Waals surface area contributed by atoms with Gasteiger partial charge in [0.1, 0.15) is 0 Å². The van der Waals surface area contributed by atoms with Gasteiger partial charge in [0.15, 0.2) is 0 Å². The largest absolute Gasteiger partial charge is 0.282 e. The lowest BCUT2D eigenvalue weighted by molar-refractivity contribution is -0.139. The number of imide groups is 2. The second-order valence-electron chi connectivity index (χ2n) is 4.47. The molecule has 4 amide bonds. The number of nitrogens with zero attached hydrogens (tertiary/aromatic N) is 2. The standard InChI is InChI=1S/C12H16N2O4S/c1-3-13-9(15)5-7(11(13)17)19-8-6-10(16)14(4-2)12(8)18/h7-8H,3-6H2,1-2H3/t7-,8+. The predicted octanol–water partition coefficient (Wildman–Crippen LogP) is 0.0144. The Morgan fingerprint density at radius 2 is 1.26 bits per heavy atom. The Hall–Kier alpha value is -1.37. The molecule has 0 spiro atoms. The van der Waals surface area contributed by atoms with Crippen LogP contribution in [0.3, 0.4) is 0 Å². The Morgan fingerprint density at radius 3 is 1.53 bits per heavy atom. The van der Waals surface area contributed by atoms with Gasteiger partial charge in [0.2, 0.25) is 23.6 Å². The molecule has 0 saturated carbocycles. The summed E-state index contributed by atoms with van der Waals surface area (Å²) < 4.78 is 0. The van der Waals surface area contributed by atoms with E-state index in [0.717, 1.165) is 11.8 Å². The quantitative estimate of drug-likeness (QED) is 0.680. The van der Waals surface area contributed by atoms with Crippen molar-refractivity contribution < 1.29 is 19.2 Å². The molecule has 0 aromatic carbocycles. The Bertz CT molecular complexity index is 411. The van der Waals surface area contributed by atoms with Gasteiger partial charge in [0.25, 0.3) is 0 Å². The van der Waals surface area contributed by atoms with Crippen LogP contribution in [0, 0.1) is 0 Å². The topological polar surface area (TPSA) is 74.8 Å². The zero-order valence-corrected chi connectivity index (χ0v) is 11.7. The van der Waals surface area contributed by atoms with Crippen molar-refractivity contribution in [3.8, 4) is 0 Å². The minimum atomic E-state index is -0.522. The van der Waals surface area contributed by atoms with E-state index >= 15 is 0 Å². The number of hydrogen-bond acceptors (Lipinski definition) is 5. The average Bonchev–Trinajstić information content (AvgIpc) is 2.78. The van der Waals surface area contributed by atoms with E-state index < -0.39 is 10.5 Å². The third kappa shape index (κ3) is 2.39. The van der Waals surface area contributed by atoms with Crippen molar-refractivity contribution in [3.05, 3.63) is 0 Å². The summed E-state index contributed by atoms with van der Waals surface area (Å²) in [7, 11) is 0. The summed E-state index contributed by atoms with van der Waals surface area (Å²) in [5, 5.41) is -1.04. The van der Waals surface area contributed by atoms with E-state index in [1.54, 1.807) is 13.8 Å². The van der Waals surface area contributed by atoms with Crippen LogP contribution in [0.2, 0.25) is 0 Å². The predicted molar refractivity (Wildman–Crippen MR) is 69.2 cm³/mol. The summed E-state index contributed by atoms with van der Waals surface area (Å²) in [5.74, 6) is -0.886. The van der Waals surface area contributed by atoms with Crippen LogP contribution >= 0.6 is 11.8 Å². The molecule has 0 aromatic rings. The van der Waals surface area contributed by atoms with E-state index in [2.05, 4.69) is 0 Å². The highest BCUT2D eigenvalue weighted by molar-refractivity contribution is 8.02. The van der Waals surface area contributed by atoms with Gasteiger partial charge in [-0.05, 0) is 13.8 Å². The summed E-state index contributed by atoms with van der Waals surface area (Å²) in [6, 6.07) is 0. The molecular formula is C12H16N2O4S. The molecule has 2 aliphatic heterocycles. The average molecular weight is 284 g/mol. The summed E-state index contributed by atoms with van der Waals surface area (Å²) >= 11 is 1.15. The minimum absolute atomic E-state index is 0.126. The molecule has 0 radical (unpaired) electrons. The van der Waals surface area contributed by atoms with Crippen molar-refractivity contribution in [2.75, 3.05) is 13.1 Å². The molecule has 6 nitrogen and oxygen atoms in total. The Morgan fingerprint density at radius 1 is 0.895 bits per heavy atom. The van der Waals surface area contributed by atoms with E-state index in [0.29, 0.717) is 13.1 Å². The second-order valence-corrected chi connectivity index (χ2v) is 5.88. The van der Waals surface area contributed by atoms with E-state index in [9.17, 15) is 19.2 Å². The number of likely N-dealkylation sites (tertiary alicyclic amines) is 2. The number of amides is 4. The molecular weight excluding hydrogens is 268 g/mol. The molecule has 2 fully saturated rings. The molecule has 2 saturated heterocycles. The summed E-state index contributed by atoms with van der Waals surface area (Å²) in [6.07, 6.45) is 0.253. The molecule has 2 rings (SSSR count). The number of thioether (sulfide) groups is 1. The van der Waals surface area contributed by atoms with Crippen LogP contribution in [-0.4, -0.2) is 57.0 Å². The zero-order valence-electron chi connectivity index (χ0n) is 10.9. The van der Waals surface area contributed by atoms with Crippen LogP contribution in [0.15, 0.2) is 0 Å². The molecule has 7 heteroatoms. The highest BCUT2D eigenvalue weighted by atomic mass is 32.2. The molecule has 0 aromatic heterocycles. The van der Waals surface area contributed by atoms with E-state index in [1.165, 1.54) is 9.80 Å². The normalized spacial score (nSPS) is 27.9. The first kappa shape index (κ1) is 14.0. The van der Waals surface area contributed by atoms with E-state index in [1.807, 2.05) is 0 Å². The number of carbonyl (C=O) groups is 4. The van der Waals surface area contributed by atoms with Crippen molar-refractivity contribution in [2.24, 2.45) is 0 Å². The van der Waals surface area contributed by atoms with Gasteiger partial charge in [-0.2, -0.15) is 0 Å². The second kappa shape index (κ2) is 5.32. The fourth-order valence-corrected chi connectivity index (χ4v) is 3.74. The lowest BCUT2D eigenvalue weighted by atomic mass is 10.3. The van der Waals surface area contributed by atoms with Crippen LogP contribution in [0.5, 0.6) is 0 Å². The van der Waals surface area contributed by atoms with Crippen molar-refractivity contribution in [1.82, 2.24) is 9.80 Å². The lowest BCUT2D eigenvalue weighted by Crippen LogP contribution is -2.33. The van der Waals surface area contributed by atoms with Gasteiger partial charge in [-0.3, -0.25) is 29.0 Å². The minimum Gasteiger partial charge on any atom is -0.282 e. The summed E-state index contributed by atoms with van der Waals surface area (Å²) in [6.45, 7) is 4.19. The van der Waals surface area contributed by atoms with E-state index in [4.69, 9.17) is 0 Å². The van der Waals surface area contributed by atoms with Crippen LogP contribution in [0.25, 0.3) is 0 Å². The van der Waals surface area contributed by atoms with Crippen molar-refractivity contribution in [1.29, 1.82) is 0 Å². The Labute approximate surface area is 115 Å². The highest BCUT2D eigenvalue weighted by Crippen LogP contribution is 2.33. The molecule has 19 heavy (non-hydrogen) atoms. The van der Waals surface area contributed by atoms with Crippen LogP contribution in [0.4, 0.5) is 0 Å². The van der Waals surface area contributed by atoms with Gasteiger partial charge in [0, 0.05) is 25.9 Å². The maximum Gasteiger partial charge on any atom is 0.242 e. The third-order valence-corrected chi connectivity index (χ3v) is 4.76. The van der Waals surface area contributed by atoms with Crippen LogP contribution in [-0.2, 0) is 19.2 Å². The SMILES string of the molecule is CCN1C(=O)C[C@H](S[C@@H]2CC(=O)N(CC)C2=O)C1=O. The highest BCUT2D eigenvalue weighted by Gasteiger charge is 2.44. The smallest absolute Gasteiger partial charge is 0.242 e. The molecule has 0 aliphatic carbocycles. The van der Waals surface area contributed by atoms with Gasteiger partial charge in [-0.1, -0.05) is 0 Å². The first-order valence-electron chi connectivity index (χ1n) is 6.33. The van der Waals surface area contributed by atoms with Crippen LogP contribution < -0.4 is 0 Å². The van der Waals surface area contributed by atoms with E-state index in [-0.39, 0.29) is 36.5 Å². The molecule has 2 aliphatic rings. The maximum absolute atomic E-state index is 11.9. The molecule has 2 heterocycles. The Kier molecular flexibility index (Phi) is 3.93. The van der Waals surface area contributed by atoms with Gasteiger partial charge in [-0.15, -0.1) is 11.8 Å². The molecule has 104 valence electrons. The fraction of sp³-hybridized carbons (Fsp3) is 0.667. The van der Waals surface area contributed by atoms with Gasteiger partial charge in [0.05, 0.1) is 10.5 Å². The van der Waals surface area contributed by atoms with Crippen molar-refractivity contribution in [3.63, 3.8) is 0 Å². The number of hydrogen-bond donors (Lipinski definition) is 0. The van der Waals surface area contributed by atoms with Gasteiger partial charge >= 0.3 is 0 Å². The van der Waals surface area contributed by atoms with Gasteiger partial charge in [-0.25, -0.2) is 0 Å². The van der Waals surface area contributed by atoms with Crippen LogP contribution in [0.1, 0.15) is 26.7 Å². The maximum atomic E-state index is 11.9. The molecule has 0 N–H and O–H groups in total. The molecule has 2 atom stereocenters. The fourth-order valence-electron chi connectivity index (χ4n) is 2.38. The van der Waals surface area contributed by atoms with Crippen molar-refractivity contribution >= 4 is 35.4 Å². The Balaban J connectivity index is 2.04. The number of rotatable bonds is 4. The monoisotopic (exact) mass is 284 g/mol. The van der Waals surface area contributed by atoms with Gasteiger partial charge < -0.3 is 0 Å². The first-order chi connectivity index (χ1) is 8.99. The zero-order chi connectivity index (χ0) is 14.2. The summed E-state index contributed by atoms with van der Waals surface area (Å²) in [4.78, 5) is 49.5. The third-order valence-electron chi connectivity index (χ3n) is 3.37. The number of carbonyl (C=O) groups excluding carboxylic acids is 4. The molecule has 0 unspecified atom stereocenters. The van der Waals surface area contributed by atoms with Crippen molar-refractivity contribution in [2.45, 2.75) is 37.2 Å². The summed E-state index contributed by atoms with van der Waals surface area (Å²) in [5.41, 5.74) is 0.